The third-order valence-corrected chi connectivity index (χ3v) is 4.57. The van der Waals surface area contributed by atoms with E-state index in [0.717, 1.165) is 11.3 Å². The number of anilines is 1. The van der Waals surface area contributed by atoms with Crippen molar-refractivity contribution < 1.29 is 14.3 Å². The first kappa shape index (κ1) is 18.9. The van der Waals surface area contributed by atoms with Crippen LogP contribution in [0.2, 0.25) is 0 Å². The number of pyridine rings is 1. The Labute approximate surface area is 159 Å². The highest BCUT2D eigenvalue weighted by Gasteiger charge is 2.34. The molecule has 2 amide bonds. The number of rotatable bonds is 6. The van der Waals surface area contributed by atoms with Crippen LogP contribution in [0, 0.1) is 5.92 Å². The third kappa shape index (κ3) is 4.45. The second kappa shape index (κ2) is 8.20. The number of fused-ring (bicyclic) bond motifs is 1. The maximum Gasteiger partial charge on any atom is 0.231 e. The zero-order valence-corrected chi connectivity index (χ0v) is 15.9. The molecule has 1 aliphatic heterocycles. The van der Waals surface area contributed by atoms with Crippen LogP contribution in [-0.2, 0) is 16.1 Å². The molecule has 1 aliphatic rings. The molecular weight excluding hydrogens is 342 g/mol. The van der Waals surface area contributed by atoms with Crippen LogP contribution in [-0.4, -0.2) is 35.4 Å². The summed E-state index contributed by atoms with van der Waals surface area (Å²) in [7, 11) is 1.59. The molecule has 6 heteroatoms. The van der Waals surface area contributed by atoms with Crippen molar-refractivity contribution in [1.82, 2.24) is 9.88 Å². The van der Waals surface area contributed by atoms with E-state index in [1.165, 1.54) is 0 Å². The molecule has 1 N–H and O–H groups in total. The van der Waals surface area contributed by atoms with Crippen LogP contribution in [0.15, 0.2) is 42.6 Å². The molecule has 0 radical (unpaired) electrons. The van der Waals surface area contributed by atoms with Crippen LogP contribution in [0.1, 0.15) is 37.4 Å². The molecule has 2 aromatic rings. The van der Waals surface area contributed by atoms with E-state index < -0.39 is 5.92 Å². The summed E-state index contributed by atoms with van der Waals surface area (Å²) in [5.74, 6) is 0.251. The average Bonchev–Trinajstić information content (AvgIpc) is 2.66. The number of carbonyl (C=O) groups excluding carboxylic acids is 2. The molecule has 142 valence electrons. The predicted octanol–water partition coefficient (Wildman–Crippen LogP) is 3.20. The van der Waals surface area contributed by atoms with Crippen molar-refractivity contribution in [1.29, 1.82) is 0 Å². The number of benzene rings is 1. The molecule has 27 heavy (non-hydrogen) atoms. The van der Waals surface area contributed by atoms with E-state index in [0.29, 0.717) is 30.4 Å². The zero-order chi connectivity index (χ0) is 19.4. The molecule has 6 nitrogen and oxygen atoms in total. The van der Waals surface area contributed by atoms with Crippen molar-refractivity contribution in [2.24, 2.45) is 5.92 Å². The van der Waals surface area contributed by atoms with Gasteiger partial charge in [-0.3, -0.25) is 14.6 Å². The number of hydrogen-bond acceptors (Lipinski definition) is 4. The summed E-state index contributed by atoms with van der Waals surface area (Å²) in [4.78, 5) is 31.7. The highest BCUT2D eigenvalue weighted by atomic mass is 16.5. The summed E-state index contributed by atoms with van der Waals surface area (Å²) in [6.45, 7) is 5.18. The van der Waals surface area contributed by atoms with Crippen molar-refractivity contribution in [2.45, 2.75) is 32.7 Å². The van der Waals surface area contributed by atoms with Gasteiger partial charge in [0.25, 0.3) is 0 Å². The molecule has 1 atom stereocenters. The number of methoxy groups -OCH3 is 1. The molecule has 2 heterocycles. The fourth-order valence-electron chi connectivity index (χ4n) is 3.37. The van der Waals surface area contributed by atoms with Gasteiger partial charge in [0.15, 0.2) is 0 Å². The van der Waals surface area contributed by atoms with E-state index >= 15 is 0 Å². The molecule has 1 aromatic carbocycles. The minimum atomic E-state index is -0.522. The third-order valence-electron chi connectivity index (χ3n) is 4.57. The van der Waals surface area contributed by atoms with Crippen molar-refractivity contribution in [3.8, 4) is 5.75 Å². The molecule has 0 spiro atoms. The lowest BCUT2D eigenvalue weighted by Gasteiger charge is -2.31. The molecule has 0 saturated heterocycles. The zero-order valence-electron chi connectivity index (χ0n) is 15.9. The monoisotopic (exact) mass is 367 g/mol. The number of carbonyl (C=O) groups is 2. The minimum absolute atomic E-state index is 0.0568. The number of hydrogen-bond donors (Lipinski definition) is 1. The van der Waals surface area contributed by atoms with Gasteiger partial charge in [-0.2, -0.15) is 0 Å². The summed E-state index contributed by atoms with van der Waals surface area (Å²) in [5.41, 5.74) is 2.30. The molecular formula is C21H25N3O3. The lowest BCUT2D eigenvalue weighted by Crippen LogP contribution is -2.40. The van der Waals surface area contributed by atoms with Gasteiger partial charge < -0.3 is 15.0 Å². The molecule has 0 unspecified atom stereocenters. The molecule has 3 rings (SSSR count). The second-order valence-electron chi connectivity index (χ2n) is 7.19. The maximum atomic E-state index is 13.4. The lowest BCUT2D eigenvalue weighted by molar-refractivity contribution is -0.136. The predicted molar refractivity (Wildman–Crippen MR) is 103 cm³/mol. The Kier molecular flexibility index (Phi) is 5.74. The van der Waals surface area contributed by atoms with Gasteiger partial charge in [0, 0.05) is 24.8 Å². The molecule has 0 aliphatic carbocycles. The first-order valence-corrected chi connectivity index (χ1v) is 9.14. The SMILES string of the molecule is COc1ccc2c(c1)[C@H](C(=O)N(Cc1ccccn1)CC(C)C)CC(=O)N2. The second-order valence-corrected chi connectivity index (χ2v) is 7.19. The Morgan fingerprint density at radius 3 is 2.81 bits per heavy atom. The minimum Gasteiger partial charge on any atom is -0.497 e. The summed E-state index contributed by atoms with van der Waals surface area (Å²) in [5, 5.41) is 2.85. The molecule has 0 bridgehead atoms. The highest BCUT2D eigenvalue weighted by molar-refractivity contribution is 6.01. The number of nitrogens with one attached hydrogen (secondary N) is 1. The fourth-order valence-corrected chi connectivity index (χ4v) is 3.37. The van der Waals surface area contributed by atoms with E-state index in [2.05, 4.69) is 24.1 Å². The number of aromatic nitrogens is 1. The van der Waals surface area contributed by atoms with Gasteiger partial charge in [-0.05, 0) is 41.8 Å². The Hall–Kier alpha value is -2.89. The van der Waals surface area contributed by atoms with Gasteiger partial charge in [0.1, 0.15) is 5.75 Å². The maximum absolute atomic E-state index is 13.4. The van der Waals surface area contributed by atoms with Crippen molar-refractivity contribution in [2.75, 3.05) is 19.0 Å². The Balaban J connectivity index is 1.92. The molecule has 0 saturated carbocycles. The number of ether oxygens (including phenoxy) is 1. The largest absolute Gasteiger partial charge is 0.497 e. The van der Waals surface area contributed by atoms with Gasteiger partial charge in [0.05, 0.1) is 25.3 Å². The van der Waals surface area contributed by atoms with Gasteiger partial charge >= 0.3 is 0 Å². The standard InChI is InChI=1S/C21H25N3O3/c1-14(2)12-24(13-15-6-4-5-9-22-15)21(26)18-11-20(25)23-19-8-7-16(27-3)10-17(18)19/h4-10,14,18H,11-13H2,1-3H3,(H,23,25)/t18-/m1/s1. The first-order chi connectivity index (χ1) is 13.0. The van der Waals surface area contributed by atoms with Crippen molar-refractivity contribution in [3.05, 3.63) is 53.9 Å². The fraction of sp³-hybridized carbons (Fsp3) is 0.381. The van der Waals surface area contributed by atoms with Gasteiger partial charge in [-0.15, -0.1) is 0 Å². The topological polar surface area (TPSA) is 71.5 Å². The van der Waals surface area contributed by atoms with Crippen LogP contribution in [0.25, 0.3) is 0 Å². The van der Waals surface area contributed by atoms with Gasteiger partial charge in [-0.1, -0.05) is 19.9 Å². The van der Waals surface area contributed by atoms with Crippen LogP contribution >= 0.6 is 0 Å². The average molecular weight is 367 g/mol. The Morgan fingerprint density at radius 1 is 1.33 bits per heavy atom. The van der Waals surface area contributed by atoms with Crippen LogP contribution in [0.4, 0.5) is 5.69 Å². The van der Waals surface area contributed by atoms with E-state index in [1.54, 1.807) is 30.3 Å². The quantitative estimate of drug-likeness (QED) is 0.851. The van der Waals surface area contributed by atoms with E-state index in [4.69, 9.17) is 4.74 Å². The first-order valence-electron chi connectivity index (χ1n) is 9.14. The van der Waals surface area contributed by atoms with Crippen LogP contribution in [0.3, 0.4) is 0 Å². The summed E-state index contributed by atoms with van der Waals surface area (Å²) in [6, 6.07) is 11.1. The van der Waals surface area contributed by atoms with Gasteiger partial charge in [-0.25, -0.2) is 0 Å². The highest BCUT2D eigenvalue weighted by Crippen LogP contribution is 2.36. The summed E-state index contributed by atoms with van der Waals surface area (Å²) >= 11 is 0. The van der Waals surface area contributed by atoms with E-state index in [9.17, 15) is 9.59 Å². The number of nitrogens with zero attached hydrogens (tertiary/aromatic N) is 2. The van der Waals surface area contributed by atoms with Crippen LogP contribution < -0.4 is 10.1 Å². The van der Waals surface area contributed by atoms with E-state index in [1.807, 2.05) is 24.3 Å². The number of amides is 2. The smallest absolute Gasteiger partial charge is 0.231 e. The lowest BCUT2D eigenvalue weighted by atomic mass is 9.88. The normalized spacial score (nSPS) is 15.9. The molecule has 1 aromatic heterocycles. The van der Waals surface area contributed by atoms with E-state index in [-0.39, 0.29) is 18.2 Å². The van der Waals surface area contributed by atoms with Crippen LogP contribution in [0.5, 0.6) is 5.75 Å². The van der Waals surface area contributed by atoms with Crippen molar-refractivity contribution in [3.63, 3.8) is 0 Å². The van der Waals surface area contributed by atoms with Gasteiger partial charge in [0.2, 0.25) is 11.8 Å². The Bertz CT molecular complexity index is 821. The Morgan fingerprint density at radius 2 is 2.15 bits per heavy atom. The molecule has 0 fully saturated rings. The summed E-state index contributed by atoms with van der Waals surface area (Å²) in [6.07, 6.45) is 1.86. The van der Waals surface area contributed by atoms with Crippen molar-refractivity contribution >= 4 is 17.5 Å². The summed E-state index contributed by atoms with van der Waals surface area (Å²) < 4.78 is 5.31.